The molecule has 0 bridgehead atoms. The Morgan fingerprint density at radius 2 is 2.30 bits per heavy atom. The average molecular weight is 275 g/mol. The first-order valence-electron chi connectivity index (χ1n) is 6.41. The summed E-state index contributed by atoms with van der Waals surface area (Å²) in [5, 5.41) is 9.45. The number of ether oxygens (including phenoxy) is 1. The molecule has 2 rings (SSSR count). The highest BCUT2D eigenvalue weighted by atomic mass is 16.6. The Kier molecular flexibility index (Phi) is 4.08. The maximum absolute atomic E-state index is 12.0. The maximum atomic E-state index is 12.0. The van der Waals surface area contributed by atoms with Crippen LogP contribution >= 0.6 is 0 Å². The van der Waals surface area contributed by atoms with Gasteiger partial charge in [-0.3, -0.25) is 4.90 Å². The smallest absolute Gasteiger partial charge is 0.411 e. The summed E-state index contributed by atoms with van der Waals surface area (Å²) in [6, 6.07) is 4.52. The van der Waals surface area contributed by atoms with Crippen LogP contribution in [0.4, 0.5) is 4.79 Å². The molecule has 5 nitrogen and oxygen atoms in total. The second-order valence-electron chi connectivity index (χ2n) is 4.69. The van der Waals surface area contributed by atoms with Gasteiger partial charge < -0.3 is 9.84 Å². The van der Waals surface area contributed by atoms with E-state index < -0.39 is 18.1 Å². The zero-order chi connectivity index (χ0) is 14.7. The Balaban J connectivity index is 2.35. The van der Waals surface area contributed by atoms with Crippen molar-refractivity contribution in [3.8, 4) is 0 Å². The Labute approximate surface area is 117 Å². The van der Waals surface area contributed by atoms with Gasteiger partial charge in [-0.15, -0.1) is 0 Å². The largest absolute Gasteiger partial charge is 0.479 e. The first kappa shape index (κ1) is 14.1. The number of aryl methyl sites for hydroxylation is 1. The summed E-state index contributed by atoms with van der Waals surface area (Å²) in [6.07, 6.45) is 1.47. The lowest BCUT2D eigenvalue weighted by Gasteiger charge is -2.34. The molecule has 1 aliphatic rings. The summed E-state index contributed by atoms with van der Waals surface area (Å²) < 4.78 is 4.96. The third-order valence-corrected chi connectivity index (χ3v) is 3.45. The van der Waals surface area contributed by atoms with Crippen LogP contribution in [0.3, 0.4) is 0 Å². The highest BCUT2D eigenvalue weighted by Crippen LogP contribution is 2.32. The van der Waals surface area contributed by atoms with Crippen molar-refractivity contribution in [3.63, 3.8) is 0 Å². The number of carbonyl (C=O) groups is 2. The molecule has 1 atom stereocenters. The van der Waals surface area contributed by atoms with Crippen molar-refractivity contribution >= 4 is 12.1 Å². The minimum atomic E-state index is -1.05. The minimum absolute atomic E-state index is 0.0718. The Hall–Kier alpha value is -2.30. The molecule has 1 unspecified atom stereocenters. The lowest BCUT2D eigenvalue weighted by molar-refractivity contribution is -0.143. The van der Waals surface area contributed by atoms with Crippen LogP contribution in [0.1, 0.15) is 22.7 Å². The van der Waals surface area contributed by atoms with Crippen LogP contribution in [-0.4, -0.2) is 35.2 Å². The summed E-state index contributed by atoms with van der Waals surface area (Å²) >= 11 is 0. The number of benzene rings is 1. The SMILES string of the molecule is C=CCOC(=O)N1CCc2c(C)cccc2C1C(=O)O. The van der Waals surface area contributed by atoms with Crippen molar-refractivity contribution in [1.29, 1.82) is 0 Å². The summed E-state index contributed by atoms with van der Waals surface area (Å²) in [4.78, 5) is 24.8. The molecular weight excluding hydrogens is 258 g/mol. The highest BCUT2D eigenvalue weighted by Gasteiger charge is 2.37. The van der Waals surface area contributed by atoms with Gasteiger partial charge in [0.25, 0.3) is 0 Å². The van der Waals surface area contributed by atoms with Gasteiger partial charge in [0.2, 0.25) is 0 Å². The van der Waals surface area contributed by atoms with Gasteiger partial charge in [0, 0.05) is 6.54 Å². The molecule has 0 fully saturated rings. The van der Waals surface area contributed by atoms with E-state index in [1.807, 2.05) is 19.1 Å². The van der Waals surface area contributed by atoms with Crippen LogP contribution in [0, 0.1) is 6.92 Å². The summed E-state index contributed by atoms with van der Waals surface area (Å²) in [5.74, 6) is -1.05. The number of carboxylic acid groups (broad SMARTS) is 1. The van der Waals surface area contributed by atoms with E-state index in [9.17, 15) is 14.7 Å². The number of carbonyl (C=O) groups excluding carboxylic acids is 1. The summed E-state index contributed by atoms with van der Waals surface area (Å²) in [7, 11) is 0. The quantitative estimate of drug-likeness (QED) is 0.859. The molecule has 0 saturated heterocycles. The molecule has 0 spiro atoms. The second-order valence-corrected chi connectivity index (χ2v) is 4.69. The molecule has 1 amide bonds. The molecule has 1 heterocycles. The van der Waals surface area contributed by atoms with Crippen LogP contribution in [0.25, 0.3) is 0 Å². The maximum Gasteiger partial charge on any atom is 0.411 e. The number of rotatable bonds is 3. The third kappa shape index (κ3) is 2.52. The van der Waals surface area contributed by atoms with E-state index >= 15 is 0 Å². The predicted molar refractivity (Wildman–Crippen MR) is 73.5 cm³/mol. The topological polar surface area (TPSA) is 66.8 Å². The van der Waals surface area contributed by atoms with Gasteiger partial charge in [0.15, 0.2) is 6.04 Å². The fourth-order valence-electron chi connectivity index (χ4n) is 2.53. The molecule has 0 aromatic heterocycles. The average Bonchev–Trinajstić information content (AvgIpc) is 2.43. The predicted octanol–water partition coefficient (Wildman–Crippen LogP) is 2.30. The number of carboxylic acids is 1. The van der Waals surface area contributed by atoms with E-state index in [1.165, 1.54) is 11.0 Å². The third-order valence-electron chi connectivity index (χ3n) is 3.45. The number of hydrogen-bond donors (Lipinski definition) is 1. The Morgan fingerprint density at radius 1 is 1.55 bits per heavy atom. The van der Waals surface area contributed by atoms with Crippen molar-refractivity contribution in [2.75, 3.05) is 13.2 Å². The van der Waals surface area contributed by atoms with Gasteiger partial charge in [0.1, 0.15) is 6.61 Å². The first-order chi connectivity index (χ1) is 9.56. The molecule has 0 aliphatic carbocycles. The standard InChI is InChI=1S/C15H17NO4/c1-3-9-20-15(19)16-8-7-11-10(2)5-4-6-12(11)13(16)14(17)18/h3-6,13H,1,7-9H2,2H3,(H,17,18). The molecule has 0 radical (unpaired) electrons. The lowest BCUT2D eigenvalue weighted by atomic mass is 9.90. The van der Waals surface area contributed by atoms with Crippen molar-refractivity contribution in [1.82, 2.24) is 4.90 Å². The van der Waals surface area contributed by atoms with E-state index in [0.29, 0.717) is 18.5 Å². The fraction of sp³-hybridized carbons (Fsp3) is 0.333. The van der Waals surface area contributed by atoms with E-state index in [1.54, 1.807) is 6.07 Å². The summed E-state index contributed by atoms with van der Waals surface area (Å²) in [5.41, 5.74) is 2.72. The highest BCUT2D eigenvalue weighted by molar-refractivity contribution is 5.82. The lowest BCUT2D eigenvalue weighted by Crippen LogP contribution is -2.44. The number of hydrogen-bond acceptors (Lipinski definition) is 3. The zero-order valence-corrected chi connectivity index (χ0v) is 11.3. The minimum Gasteiger partial charge on any atom is -0.479 e. The normalized spacial score (nSPS) is 17.2. The van der Waals surface area contributed by atoms with Gasteiger partial charge in [-0.1, -0.05) is 30.9 Å². The number of fused-ring (bicyclic) bond motifs is 1. The molecule has 5 heteroatoms. The zero-order valence-electron chi connectivity index (χ0n) is 11.3. The van der Waals surface area contributed by atoms with Crippen molar-refractivity contribution in [2.45, 2.75) is 19.4 Å². The Bertz CT molecular complexity index is 553. The number of aliphatic carboxylic acids is 1. The van der Waals surface area contributed by atoms with Crippen molar-refractivity contribution < 1.29 is 19.4 Å². The molecule has 1 aromatic carbocycles. The molecule has 0 saturated carbocycles. The number of amides is 1. The van der Waals surface area contributed by atoms with Gasteiger partial charge in [-0.05, 0) is 30.0 Å². The molecule has 1 aliphatic heterocycles. The molecule has 1 aromatic rings. The van der Waals surface area contributed by atoms with Crippen LogP contribution in [0.15, 0.2) is 30.9 Å². The van der Waals surface area contributed by atoms with E-state index in [0.717, 1.165) is 11.1 Å². The molecule has 20 heavy (non-hydrogen) atoms. The van der Waals surface area contributed by atoms with E-state index in [4.69, 9.17) is 4.74 Å². The van der Waals surface area contributed by atoms with Gasteiger partial charge in [-0.25, -0.2) is 9.59 Å². The van der Waals surface area contributed by atoms with Crippen LogP contribution in [0.2, 0.25) is 0 Å². The van der Waals surface area contributed by atoms with E-state index in [-0.39, 0.29) is 6.61 Å². The number of nitrogens with zero attached hydrogens (tertiary/aromatic N) is 1. The summed E-state index contributed by atoms with van der Waals surface area (Å²) in [6.45, 7) is 5.83. The van der Waals surface area contributed by atoms with Crippen LogP contribution in [0.5, 0.6) is 0 Å². The first-order valence-corrected chi connectivity index (χ1v) is 6.41. The molecule has 106 valence electrons. The van der Waals surface area contributed by atoms with Gasteiger partial charge in [-0.2, -0.15) is 0 Å². The molecular formula is C15H17NO4. The fourth-order valence-corrected chi connectivity index (χ4v) is 2.53. The Morgan fingerprint density at radius 3 is 2.95 bits per heavy atom. The van der Waals surface area contributed by atoms with Crippen LogP contribution < -0.4 is 0 Å². The second kappa shape index (κ2) is 5.77. The van der Waals surface area contributed by atoms with E-state index in [2.05, 4.69) is 6.58 Å². The van der Waals surface area contributed by atoms with Crippen molar-refractivity contribution in [2.24, 2.45) is 0 Å². The van der Waals surface area contributed by atoms with Gasteiger partial charge >= 0.3 is 12.1 Å². The monoisotopic (exact) mass is 275 g/mol. The van der Waals surface area contributed by atoms with Gasteiger partial charge in [0.05, 0.1) is 0 Å². The van der Waals surface area contributed by atoms with Crippen LogP contribution in [-0.2, 0) is 16.0 Å². The van der Waals surface area contributed by atoms with Crippen molar-refractivity contribution in [3.05, 3.63) is 47.5 Å². The molecule has 1 N–H and O–H groups in total.